The number of amidine groups is 1. The van der Waals surface area contributed by atoms with Crippen LogP contribution in [0.5, 0.6) is 0 Å². The van der Waals surface area contributed by atoms with Crippen LogP contribution in [0, 0.1) is 5.41 Å². The van der Waals surface area contributed by atoms with Crippen LogP contribution in [0.25, 0.3) is 0 Å². The average molecular weight is 196 g/mol. The van der Waals surface area contributed by atoms with Crippen LogP contribution in [-0.2, 0) is 0 Å². The smallest absolute Gasteiger partial charge is 0.105 e. The van der Waals surface area contributed by atoms with Crippen LogP contribution in [0.4, 0.5) is 0 Å². The first-order valence-corrected chi connectivity index (χ1v) is 5.86. The highest BCUT2D eigenvalue weighted by Crippen LogP contribution is 2.31. The summed E-state index contributed by atoms with van der Waals surface area (Å²) < 4.78 is 0. The minimum Gasteiger partial charge on any atom is -0.356 e. The molecule has 0 unspecified atom stereocenters. The van der Waals surface area contributed by atoms with Crippen LogP contribution < -0.4 is 0 Å². The number of nitrogens with zero attached hydrogens (tertiary/aromatic N) is 2. The molecule has 0 aromatic rings. The van der Waals surface area contributed by atoms with Crippen molar-refractivity contribution in [1.29, 1.82) is 0 Å². The van der Waals surface area contributed by atoms with Crippen molar-refractivity contribution in [2.24, 2.45) is 10.4 Å². The summed E-state index contributed by atoms with van der Waals surface area (Å²) in [5.41, 5.74) is 0.292. The first-order valence-electron chi connectivity index (χ1n) is 5.86. The zero-order valence-corrected chi connectivity index (χ0v) is 10.3. The van der Waals surface area contributed by atoms with E-state index < -0.39 is 0 Å². The minimum atomic E-state index is 0.292. The largest absolute Gasteiger partial charge is 0.356 e. The molecule has 0 saturated carbocycles. The number of hydrogen-bond acceptors (Lipinski definition) is 2. The lowest BCUT2D eigenvalue weighted by Gasteiger charge is -2.36. The van der Waals surface area contributed by atoms with E-state index in [9.17, 15) is 0 Å². The Bertz CT molecular complexity index is 214. The maximum absolute atomic E-state index is 4.69. The van der Waals surface area contributed by atoms with Gasteiger partial charge in [0.25, 0.3) is 0 Å². The van der Waals surface area contributed by atoms with E-state index in [0.717, 1.165) is 13.1 Å². The van der Waals surface area contributed by atoms with Gasteiger partial charge in [0.15, 0.2) is 0 Å². The average Bonchev–Trinajstić information content (AvgIpc) is 2.65. The fourth-order valence-corrected chi connectivity index (χ4v) is 2.07. The van der Waals surface area contributed by atoms with E-state index in [0.29, 0.717) is 11.5 Å². The second kappa shape index (κ2) is 4.33. The van der Waals surface area contributed by atoms with Crippen LogP contribution in [0.1, 0.15) is 47.5 Å². The predicted octanol–water partition coefficient (Wildman–Crippen LogP) is 2.94. The maximum Gasteiger partial charge on any atom is 0.105 e. The normalized spacial score (nSPS) is 17.9. The third kappa shape index (κ3) is 1.94. The summed E-state index contributed by atoms with van der Waals surface area (Å²) >= 11 is 0. The Morgan fingerprint density at radius 1 is 1.36 bits per heavy atom. The molecule has 0 aliphatic carbocycles. The molecule has 0 aromatic heterocycles. The van der Waals surface area contributed by atoms with Gasteiger partial charge in [0.1, 0.15) is 5.84 Å². The first kappa shape index (κ1) is 11.5. The van der Waals surface area contributed by atoms with E-state index in [1.807, 2.05) is 0 Å². The molecule has 14 heavy (non-hydrogen) atoms. The van der Waals surface area contributed by atoms with Crippen LogP contribution in [-0.4, -0.2) is 29.9 Å². The SMILES string of the molecule is CCC(C)(CC)C1=NCCN1C(C)C. The Kier molecular flexibility index (Phi) is 3.57. The summed E-state index contributed by atoms with van der Waals surface area (Å²) in [6.45, 7) is 13.5. The third-order valence-corrected chi connectivity index (χ3v) is 3.60. The van der Waals surface area contributed by atoms with Crippen molar-refractivity contribution in [3.63, 3.8) is 0 Å². The molecule has 0 aromatic carbocycles. The van der Waals surface area contributed by atoms with Gasteiger partial charge >= 0.3 is 0 Å². The topological polar surface area (TPSA) is 15.6 Å². The molecule has 0 N–H and O–H groups in total. The van der Waals surface area contributed by atoms with Gasteiger partial charge in [0.2, 0.25) is 0 Å². The molecular formula is C12H24N2. The van der Waals surface area contributed by atoms with E-state index in [1.54, 1.807) is 0 Å². The summed E-state index contributed by atoms with van der Waals surface area (Å²) in [6.07, 6.45) is 2.37. The van der Waals surface area contributed by atoms with Gasteiger partial charge < -0.3 is 4.90 Å². The first-order chi connectivity index (χ1) is 6.55. The summed E-state index contributed by atoms with van der Waals surface area (Å²) in [7, 11) is 0. The predicted molar refractivity (Wildman–Crippen MR) is 62.8 cm³/mol. The van der Waals surface area contributed by atoms with E-state index >= 15 is 0 Å². The lowest BCUT2D eigenvalue weighted by Crippen LogP contribution is -2.43. The molecule has 0 radical (unpaired) electrons. The molecule has 0 bridgehead atoms. The zero-order chi connectivity index (χ0) is 10.8. The molecule has 1 aliphatic rings. The highest BCUT2D eigenvalue weighted by Gasteiger charge is 2.34. The van der Waals surface area contributed by atoms with Gasteiger partial charge in [-0.05, 0) is 26.7 Å². The number of aliphatic imine (C=N–C) groups is 1. The van der Waals surface area contributed by atoms with Gasteiger partial charge in [0.05, 0.1) is 6.54 Å². The molecule has 82 valence electrons. The van der Waals surface area contributed by atoms with E-state index in [-0.39, 0.29) is 0 Å². The van der Waals surface area contributed by atoms with Crippen molar-refractivity contribution in [3.05, 3.63) is 0 Å². The molecule has 2 heteroatoms. The highest BCUT2D eigenvalue weighted by atomic mass is 15.3. The third-order valence-electron chi connectivity index (χ3n) is 3.60. The van der Waals surface area contributed by atoms with Gasteiger partial charge in [-0.25, -0.2) is 0 Å². The lowest BCUT2D eigenvalue weighted by atomic mass is 9.82. The van der Waals surface area contributed by atoms with Gasteiger partial charge in [-0.1, -0.05) is 20.8 Å². The van der Waals surface area contributed by atoms with Crippen molar-refractivity contribution in [2.75, 3.05) is 13.1 Å². The monoisotopic (exact) mass is 196 g/mol. The van der Waals surface area contributed by atoms with Crippen molar-refractivity contribution >= 4 is 5.84 Å². The van der Waals surface area contributed by atoms with Crippen LogP contribution in [0.3, 0.4) is 0 Å². The Balaban J connectivity index is 2.85. The van der Waals surface area contributed by atoms with E-state index in [1.165, 1.54) is 18.7 Å². The van der Waals surface area contributed by atoms with Crippen LogP contribution in [0.2, 0.25) is 0 Å². The fourth-order valence-electron chi connectivity index (χ4n) is 2.07. The molecule has 0 saturated heterocycles. The fraction of sp³-hybridized carbons (Fsp3) is 0.917. The van der Waals surface area contributed by atoms with Crippen LogP contribution in [0.15, 0.2) is 4.99 Å². The lowest BCUT2D eigenvalue weighted by molar-refractivity contribution is 0.314. The van der Waals surface area contributed by atoms with Crippen molar-refractivity contribution < 1.29 is 0 Å². The van der Waals surface area contributed by atoms with E-state index in [2.05, 4.69) is 39.5 Å². The molecule has 0 atom stereocenters. The van der Waals surface area contributed by atoms with Gasteiger partial charge in [-0.15, -0.1) is 0 Å². The molecule has 1 rings (SSSR count). The Hall–Kier alpha value is -0.530. The molecule has 1 heterocycles. The van der Waals surface area contributed by atoms with Crippen molar-refractivity contribution in [3.8, 4) is 0 Å². The van der Waals surface area contributed by atoms with E-state index in [4.69, 9.17) is 4.99 Å². The summed E-state index contributed by atoms with van der Waals surface area (Å²) in [5.74, 6) is 1.34. The molecule has 0 amide bonds. The van der Waals surface area contributed by atoms with Gasteiger partial charge in [-0.3, -0.25) is 4.99 Å². The standard InChI is InChI=1S/C12H24N2/c1-6-12(5,7-2)11-13-8-9-14(11)10(3)4/h10H,6-9H2,1-5H3. The maximum atomic E-state index is 4.69. The Morgan fingerprint density at radius 2 is 1.93 bits per heavy atom. The Labute approximate surface area is 88.4 Å². The molecule has 0 fully saturated rings. The second-order valence-electron chi connectivity index (χ2n) is 4.76. The van der Waals surface area contributed by atoms with Gasteiger partial charge in [-0.2, -0.15) is 0 Å². The highest BCUT2D eigenvalue weighted by molar-refractivity contribution is 5.89. The quantitative estimate of drug-likeness (QED) is 0.675. The molecular weight excluding hydrogens is 172 g/mol. The summed E-state index contributed by atoms with van der Waals surface area (Å²) in [4.78, 5) is 7.16. The minimum absolute atomic E-state index is 0.292. The molecule has 0 spiro atoms. The second-order valence-corrected chi connectivity index (χ2v) is 4.76. The van der Waals surface area contributed by atoms with Crippen LogP contribution >= 0.6 is 0 Å². The zero-order valence-electron chi connectivity index (χ0n) is 10.3. The molecule has 2 nitrogen and oxygen atoms in total. The number of rotatable bonds is 4. The van der Waals surface area contributed by atoms with Crippen molar-refractivity contribution in [1.82, 2.24) is 4.90 Å². The Morgan fingerprint density at radius 3 is 2.36 bits per heavy atom. The summed E-state index contributed by atoms with van der Waals surface area (Å²) in [6, 6.07) is 0.591. The number of hydrogen-bond donors (Lipinski definition) is 0. The summed E-state index contributed by atoms with van der Waals surface area (Å²) in [5, 5.41) is 0. The van der Waals surface area contributed by atoms with Gasteiger partial charge in [0, 0.05) is 18.0 Å². The van der Waals surface area contributed by atoms with Crippen molar-refractivity contribution in [2.45, 2.75) is 53.5 Å². The molecule has 1 aliphatic heterocycles.